The molecule has 1 aliphatic carbocycles. The molecule has 0 aliphatic heterocycles. The minimum Gasteiger partial charge on any atom is -0.310 e. The summed E-state index contributed by atoms with van der Waals surface area (Å²) in [5.74, 6) is 0. The smallest absolute Gasteiger partial charge is 0.0540 e. The molecule has 1 aliphatic rings. The number of benzene rings is 9. The van der Waals surface area contributed by atoms with Crippen LogP contribution in [0.15, 0.2) is 212 Å². The molecule has 0 amide bonds. The fraction of sp³-hybridized carbons (Fsp3) is 0.0545. The average molecular weight is 716 g/mol. The maximum Gasteiger partial charge on any atom is 0.0540 e. The number of para-hydroxylation sites is 1. The van der Waals surface area contributed by atoms with E-state index in [2.05, 4.69) is 231 Å². The lowest BCUT2D eigenvalue weighted by Gasteiger charge is -2.29. The number of hydrogen-bond acceptors (Lipinski definition) is 1. The SMILES string of the molecule is CC1(C)c2ccccc2-c2cccc(-c3ccc(N(c4cccc(-c5ccc6ccccc6c5)c4)c4ccccc4-c4ccccc4-c4ccccc4)cc3)c21. The number of fused-ring (bicyclic) bond motifs is 4. The summed E-state index contributed by atoms with van der Waals surface area (Å²) in [4.78, 5) is 2.43. The van der Waals surface area contributed by atoms with Crippen molar-refractivity contribution >= 4 is 27.8 Å². The van der Waals surface area contributed by atoms with E-state index in [-0.39, 0.29) is 5.41 Å². The van der Waals surface area contributed by atoms with Crippen LogP contribution in [0.2, 0.25) is 0 Å². The first-order valence-corrected chi connectivity index (χ1v) is 19.5. The molecule has 10 rings (SSSR count). The van der Waals surface area contributed by atoms with Gasteiger partial charge in [0.2, 0.25) is 0 Å². The van der Waals surface area contributed by atoms with Gasteiger partial charge in [0.05, 0.1) is 5.69 Å². The van der Waals surface area contributed by atoms with Crippen molar-refractivity contribution in [2.75, 3.05) is 4.90 Å². The maximum absolute atomic E-state index is 2.43. The van der Waals surface area contributed by atoms with Gasteiger partial charge in [0, 0.05) is 22.4 Å². The monoisotopic (exact) mass is 715 g/mol. The lowest BCUT2D eigenvalue weighted by atomic mass is 9.79. The molecule has 0 heterocycles. The highest BCUT2D eigenvalue weighted by molar-refractivity contribution is 5.95. The number of hydrogen-bond donors (Lipinski definition) is 0. The molecular formula is C55H41N. The highest BCUT2D eigenvalue weighted by atomic mass is 15.1. The van der Waals surface area contributed by atoms with Crippen molar-refractivity contribution in [2.24, 2.45) is 0 Å². The van der Waals surface area contributed by atoms with E-state index >= 15 is 0 Å². The number of nitrogens with zero attached hydrogens (tertiary/aromatic N) is 1. The highest BCUT2D eigenvalue weighted by Gasteiger charge is 2.37. The Morgan fingerprint density at radius 3 is 1.70 bits per heavy atom. The second kappa shape index (κ2) is 13.7. The third kappa shape index (κ3) is 5.72. The second-order valence-corrected chi connectivity index (χ2v) is 15.3. The lowest BCUT2D eigenvalue weighted by Crippen LogP contribution is -2.16. The molecule has 0 N–H and O–H groups in total. The topological polar surface area (TPSA) is 3.24 Å². The van der Waals surface area contributed by atoms with Crippen molar-refractivity contribution in [3.63, 3.8) is 0 Å². The Kier molecular flexibility index (Phi) is 8.23. The largest absolute Gasteiger partial charge is 0.310 e. The molecule has 0 saturated carbocycles. The molecule has 1 heteroatoms. The van der Waals surface area contributed by atoms with Gasteiger partial charge in [-0.05, 0) is 108 Å². The van der Waals surface area contributed by atoms with Gasteiger partial charge < -0.3 is 4.90 Å². The summed E-state index contributed by atoms with van der Waals surface area (Å²) in [5, 5.41) is 2.49. The quantitative estimate of drug-likeness (QED) is 0.159. The van der Waals surface area contributed by atoms with Gasteiger partial charge >= 0.3 is 0 Å². The van der Waals surface area contributed by atoms with Crippen LogP contribution >= 0.6 is 0 Å². The molecule has 1 nitrogen and oxygen atoms in total. The standard InChI is InChI=1S/C55H41N/c1-55(2)52-28-12-10-24-49(52)51-27-15-26-47(54(51)55)40-32-34-44(35-33-40)56(45-21-14-20-42(37-45)43-31-30-38-16-6-7-19-41(38)36-43)53-29-13-11-25-50(53)48-23-9-8-22-46(48)39-17-4-3-5-18-39/h3-37H,1-2H3. The van der Waals surface area contributed by atoms with Gasteiger partial charge in [-0.2, -0.15) is 0 Å². The van der Waals surface area contributed by atoms with E-state index in [1.54, 1.807) is 0 Å². The van der Waals surface area contributed by atoms with Crippen LogP contribution in [0, 0.1) is 0 Å². The Morgan fingerprint density at radius 2 is 0.875 bits per heavy atom. The molecular weight excluding hydrogens is 675 g/mol. The first-order valence-electron chi connectivity index (χ1n) is 19.5. The van der Waals surface area contributed by atoms with Crippen molar-refractivity contribution < 1.29 is 0 Å². The van der Waals surface area contributed by atoms with E-state index in [9.17, 15) is 0 Å². The fourth-order valence-electron chi connectivity index (χ4n) is 8.98. The van der Waals surface area contributed by atoms with Crippen LogP contribution in [-0.2, 0) is 5.41 Å². The average Bonchev–Trinajstić information content (AvgIpc) is 3.50. The summed E-state index contributed by atoms with van der Waals surface area (Å²) in [7, 11) is 0. The van der Waals surface area contributed by atoms with Gasteiger partial charge in [-0.1, -0.05) is 190 Å². The van der Waals surface area contributed by atoms with Crippen LogP contribution in [-0.4, -0.2) is 0 Å². The van der Waals surface area contributed by atoms with Crippen molar-refractivity contribution in [3.05, 3.63) is 223 Å². The Bertz CT molecular complexity index is 2880. The van der Waals surface area contributed by atoms with Gasteiger partial charge in [0.25, 0.3) is 0 Å². The molecule has 56 heavy (non-hydrogen) atoms. The van der Waals surface area contributed by atoms with Crippen LogP contribution in [0.1, 0.15) is 25.0 Å². The Labute approximate surface area is 329 Å². The van der Waals surface area contributed by atoms with Gasteiger partial charge in [-0.3, -0.25) is 0 Å². The normalized spacial score (nSPS) is 12.6. The molecule has 0 aromatic heterocycles. The van der Waals surface area contributed by atoms with Crippen LogP contribution in [0.4, 0.5) is 17.1 Å². The van der Waals surface area contributed by atoms with E-state index in [0.717, 1.165) is 17.1 Å². The van der Waals surface area contributed by atoms with Crippen molar-refractivity contribution in [1.29, 1.82) is 0 Å². The minimum absolute atomic E-state index is 0.0957. The van der Waals surface area contributed by atoms with Crippen LogP contribution in [0.3, 0.4) is 0 Å². The summed E-state index contributed by atoms with van der Waals surface area (Å²) >= 11 is 0. The summed E-state index contributed by atoms with van der Waals surface area (Å²) in [6.07, 6.45) is 0. The zero-order chi connectivity index (χ0) is 37.6. The van der Waals surface area contributed by atoms with Crippen LogP contribution in [0.25, 0.3) is 66.4 Å². The first-order chi connectivity index (χ1) is 27.5. The molecule has 266 valence electrons. The third-order valence-electron chi connectivity index (χ3n) is 11.7. The zero-order valence-electron chi connectivity index (χ0n) is 31.7. The Morgan fingerprint density at radius 1 is 0.321 bits per heavy atom. The Balaban J connectivity index is 1.13. The zero-order valence-corrected chi connectivity index (χ0v) is 31.7. The molecule has 9 aromatic carbocycles. The summed E-state index contributed by atoms with van der Waals surface area (Å²) in [6.45, 7) is 4.73. The number of rotatable bonds is 7. The maximum atomic E-state index is 2.43. The van der Waals surface area contributed by atoms with E-state index in [1.165, 1.54) is 77.5 Å². The van der Waals surface area contributed by atoms with Gasteiger partial charge in [0.1, 0.15) is 0 Å². The van der Waals surface area contributed by atoms with E-state index in [0.29, 0.717) is 0 Å². The summed E-state index contributed by atoms with van der Waals surface area (Å²) in [5.41, 5.74) is 18.4. The minimum atomic E-state index is -0.0957. The van der Waals surface area contributed by atoms with E-state index < -0.39 is 0 Å². The van der Waals surface area contributed by atoms with Gasteiger partial charge in [0.15, 0.2) is 0 Å². The molecule has 0 radical (unpaired) electrons. The molecule has 0 atom stereocenters. The molecule has 0 bridgehead atoms. The molecule has 0 fully saturated rings. The van der Waals surface area contributed by atoms with Crippen molar-refractivity contribution in [1.82, 2.24) is 0 Å². The molecule has 0 spiro atoms. The van der Waals surface area contributed by atoms with Gasteiger partial charge in [-0.15, -0.1) is 0 Å². The molecule has 0 saturated heterocycles. The molecule has 9 aromatic rings. The molecule has 0 unspecified atom stereocenters. The number of anilines is 3. The van der Waals surface area contributed by atoms with E-state index in [1.807, 2.05) is 0 Å². The van der Waals surface area contributed by atoms with Crippen molar-refractivity contribution in [3.8, 4) is 55.6 Å². The van der Waals surface area contributed by atoms with E-state index in [4.69, 9.17) is 0 Å². The fourth-order valence-corrected chi connectivity index (χ4v) is 8.98. The summed E-state index contributed by atoms with van der Waals surface area (Å²) < 4.78 is 0. The highest BCUT2D eigenvalue weighted by Crippen LogP contribution is 2.52. The lowest BCUT2D eigenvalue weighted by molar-refractivity contribution is 0.662. The first kappa shape index (κ1) is 33.6. The predicted molar refractivity (Wildman–Crippen MR) is 238 cm³/mol. The van der Waals surface area contributed by atoms with Crippen molar-refractivity contribution in [2.45, 2.75) is 19.3 Å². The van der Waals surface area contributed by atoms with Crippen LogP contribution < -0.4 is 4.90 Å². The van der Waals surface area contributed by atoms with Gasteiger partial charge in [-0.25, -0.2) is 0 Å². The summed E-state index contributed by atoms with van der Waals surface area (Å²) in [6, 6.07) is 77.6. The second-order valence-electron chi connectivity index (χ2n) is 15.3. The van der Waals surface area contributed by atoms with Crippen LogP contribution in [0.5, 0.6) is 0 Å². The predicted octanol–water partition coefficient (Wildman–Crippen LogP) is 15.3. The Hall–Kier alpha value is -6.96. The third-order valence-corrected chi connectivity index (χ3v) is 11.7.